The van der Waals surface area contributed by atoms with E-state index in [4.69, 9.17) is 0 Å². The van der Waals surface area contributed by atoms with Gasteiger partial charge in [0.2, 0.25) is 5.91 Å². The summed E-state index contributed by atoms with van der Waals surface area (Å²) in [4.78, 5) is 30.4. The van der Waals surface area contributed by atoms with E-state index < -0.39 is 0 Å². The lowest BCUT2D eigenvalue weighted by Crippen LogP contribution is -2.51. The van der Waals surface area contributed by atoms with Crippen LogP contribution in [0.3, 0.4) is 0 Å². The van der Waals surface area contributed by atoms with E-state index in [0.717, 1.165) is 32.4 Å². The highest BCUT2D eigenvalue weighted by Crippen LogP contribution is 2.34. The molecule has 0 saturated carbocycles. The fourth-order valence-corrected chi connectivity index (χ4v) is 5.03. The molecule has 2 rings (SSSR count). The Labute approximate surface area is 175 Å². The summed E-state index contributed by atoms with van der Waals surface area (Å²) >= 11 is 1.73. The largest absolute Gasteiger partial charge is 0.341 e. The minimum absolute atomic E-state index is 0.0244. The van der Waals surface area contributed by atoms with E-state index in [9.17, 15) is 9.59 Å². The summed E-state index contributed by atoms with van der Waals surface area (Å²) in [7, 11) is 0. The van der Waals surface area contributed by atoms with Crippen molar-refractivity contribution in [3.63, 3.8) is 0 Å². The Kier molecular flexibility index (Phi) is 7.99. The van der Waals surface area contributed by atoms with Gasteiger partial charge in [-0.05, 0) is 42.4 Å². The van der Waals surface area contributed by atoms with Gasteiger partial charge in [0.1, 0.15) is 6.04 Å². The number of nitrogens with zero attached hydrogens (tertiary/aromatic N) is 2. The second-order valence-electron chi connectivity index (χ2n) is 8.58. The number of hydrogen-bond donors (Lipinski definition) is 0. The fourth-order valence-electron chi connectivity index (χ4n) is 3.69. The van der Waals surface area contributed by atoms with Crippen molar-refractivity contribution in [1.82, 2.24) is 9.80 Å². The van der Waals surface area contributed by atoms with E-state index in [2.05, 4.69) is 41.5 Å². The summed E-state index contributed by atoms with van der Waals surface area (Å²) in [5.41, 5.74) is 1.93. The molecule has 5 heteroatoms. The van der Waals surface area contributed by atoms with Crippen molar-refractivity contribution in [2.75, 3.05) is 18.8 Å². The first-order valence-corrected chi connectivity index (χ1v) is 11.6. The van der Waals surface area contributed by atoms with E-state index in [1.54, 1.807) is 11.8 Å². The Bertz CT molecular complexity index is 660. The van der Waals surface area contributed by atoms with E-state index >= 15 is 0 Å². The Morgan fingerprint density at radius 1 is 1.07 bits per heavy atom. The van der Waals surface area contributed by atoms with Crippen molar-refractivity contribution in [3.8, 4) is 0 Å². The van der Waals surface area contributed by atoms with Crippen molar-refractivity contribution >= 4 is 23.6 Å². The highest BCUT2D eigenvalue weighted by Gasteiger charge is 2.42. The van der Waals surface area contributed by atoms with Crippen LogP contribution in [-0.4, -0.2) is 51.9 Å². The van der Waals surface area contributed by atoms with Crippen LogP contribution in [0.2, 0.25) is 0 Å². The lowest BCUT2D eigenvalue weighted by molar-refractivity contribution is -0.135. The molecule has 0 radical (unpaired) electrons. The molecule has 0 N–H and O–H groups in total. The highest BCUT2D eigenvalue weighted by atomic mass is 32.2. The van der Waals surface area contributed by atoms with E-state index in [1.807, 2.05) is 34.1 Å². The molecule has 1 aliphatic heterocycles. The first kappa shape index (κ1) is 22.8. The summed E-state index contributed by atoms with van der Waals surface area (Å²) in [6.45, 7) is 14.3. The molecular weight excluding hydrogens is 368 g/mol. The molecule has 0 aliphatic carbocycles. The zero-order valence-corrected chi connectivity index (χ0v) is 19.1. The third-order valence-corrected chi connectivity index (χ3v) is 6.71. The van der Waals surface area contributed by atoms with Crippen LogP contribution in [0.1, 0.15) is 76.7 Å². The molecule has 0 spiro atoms. The molecule has 2 unspecified atom stereocenters. The molecule has 4 nitrogen and oxygen atoms in total. The highest BCUT2D eigenvalue weighted by molar-refractivity contribution is 8.00. The molecule has 0 aromatic heterocycles. The van der Waals surface area contributed by atoms with Crippen molar-refractivity contribution in [2.24, 2.45) is 0 Å². The van der Waals surface area contributed by atoms with Gasteiger partial charge in [0.15, 0.2) is 0 Å². The topological polar surface area (TPSA) is 40.6 Å². The van der Waals surface area contributed by atoms with Gasteiger partial charge in [-0.2, -0.15) is 0 Å². The second-order valence-corrected chi connectivity index (χ2v) is 9.79. The van der Waals surface area contributed by atoms with E-state index in [0.29, 0.717) is 11.3 Å². The number of benzene rings is 1. The molecule has 1 aliphatic rings. The second kappa shape index (κ2) is 9.82. The van der Waals surface area contributed by atoms with Gasteiger partial charge in [-0.25, -0.2) is 0 Å². The predicted molar refractivity (Wildman–Crippen MR) is 119 cm³/mol. The molecule has 156 valence electrons. The Morgan fingerprint density at radius 3 is 2.11 bits per heavy atom. The van der Waals surface area contributed by atoms with Crippen LogP contribution in [0.15, 0.2) is 24.3 Å². The number of rotatable bonds is 7. The number of carbonyl (C=O) groups excluding carboxylic acids is 2. The molecule has 1 saturated heterocycles. The van der Waals surface area contributed by atoms with Crippen molar-refractivity contribution < 1.29 is 9.59 Å². The first-order valence-electron chi connectivity index (χ1n) is 10.6. The maximum absolute atomic E-state index is 13.4. The Morgan fingerprint density at radius 2 is 1.64 bits per heavy atom. The maximum atomic E-state index is 13.4. The van der Waals surface area contributed by atoms with Crippen molar-refractivity contribution in [1.29, 1.82) is 0 Å². The summed E-state index contributed by atoms with van der Waals surface area (Å²) in [6, 6.07) is 7.54. The molecule has 1 aromatic carbocycles. The van der Waals surface area contributed by atoms with Gasteiger partial charge in [-0.1, -0.05) is 53.7 Å². The van der Waals surface area contributed by atoms with Gasteiger partial charge in [0, 0.05) is 24.4 Å². The molecule has 1 heterocycles. The predicted octanol–water partition coefficient (Wildman–Crippen LogP) is 4.93. The number of thioether (sulfide) groups is 1. The third-order valence-electron chi connectivity index (χ3n) is 5.26. The zero-order valence-electron chi connectivity index (χ0n) is 18.3. The summed E-state index contributed by atoms with van der Waals surface area (Å²) in [5, 5.41) is 0.0637. The van der Waals surface area contributed by atoms with Gasteiger partial charge >= 0.3 is 0 Å². The average molecular weight is 405 g/mol. The zero-order chi connectivity index (χ0) is 20.9. The standard InChI is InChI=1S/C23H36N2O2S/c1-7-14-24(15-8-2)22(27)19-16-28-20(9-3)25(19)21(26)17-10-12-18(13-11-17)23(4,5)6/h10-13,19-20H,7-9,14-16H2,1-6H3. The van der Waals surface area contributed by atoms with Crippen LogP contribution in [0, 0.1) is 0 Å². The lowest BCUT2D eigenvalue weighted by atomic mass is 9.86. The average Bonchev–Trinajstić information content (AvgIpc) is 3.10. The van der Waals surface area contributed by atoms with Crippen molar-refractivity contribution in [3.05, 3.63) is 35.4 Å². The van der Waals surface area contributed by atoms with Gasteiger partial charge in [-0.15, -0.1) is 11.8 Å². The van der Waals surface area contributed by atoms with Crippen LogP contribution < -0.4 is 0 Å². The van der Waals surface area contributed by atoms with Crippen LogP contribution in [0.4, 0.5) is 0 Å². The van der Waals surface area contributed by atoms with Crippen molar-refractivity contribution in [2.45, 2.75) is 77.6 Å². The smallest absolute Gasteiger partial charge is 0.255 e. The quantitative estimate of drug-likeness (QED) is 0.647. The molecule has 2 amide bonds. The normalized spacial score (nSPS) is 19.7. The Balaban J connectivity index is 2.27. The third kappa shape index (κ3) is 5.11. The summed E-state index contributed by atoms with van der Waals surface area (Å²) in [6.07, 6.45) is 2.72. The Hall–Kier alpha value is -1.49. The molecule has 1 aromatic rings. The molecule has 1 fully saturated rings. The molecule has 0 bridgehead atoms. The van der Waals surface area contributed by atoms with Gasteiger partial charge in [0.05, 0.1) is 5.37 Å². The van der Waals surface area contributed by atoms with Crippen LogP contribution >= 0.6 is 11.8 Å². The minimum atomic E-state index is -0.358. The number of hydrogen-bond acceptors (Lipinski definition) is 3. The van der Waals surface area contributed by atoms with E-state index in [-0.39, 0.29) is 28.6 Å². The molecule has 28 heavy (non-hydrogen) atoms. The van der Waals surface area contributed by atoms with Gasteiger partial charge < -0.3 is 9.80 Å². The maximum Gasteiger partial charge on any atom is 0.255 e. The van der Waals surface area contributed by atoms with Crippen LogP contribution in [-0.2, 0) is 10.2 Å². The SMILES string of the molecule is CCCN(CCC)C(=O)C1CSC(CC)N1C(=O)c1ccc(C(C)(C)C)cc1. The number of carbonyl (C=O) groups is 2. The minimum Gasteiger partial charge on any atom is -0.341 e. The summed E-state index contributed by atoms with van der Waals surface area (Å²) in [5.74, 6) is 0.767. The van der Waals surface area contributed by atoms with Gasteiger partial charge in [-0.3, -0.25) is 9.59 Å². The first-order chi connectivity index (χ1) is 13.2. The lowest BCUT2D eigenvalue weighted by Gasteiger charge is -2.32. The van der Waals surface area contributed by atoms with Crippen LogP contribution in [0.5, 0.6) is 0 Å². The summed E-state index contributed by atoms with van der Waals surface area (Å²) < 4.78 is 0. The number of amides is 2. The molecular formula is C23H36N2O2S. The molecule has 2 atom stereocenters. The fraction of sp³-hybridized carbons (Fsp3) is 0.652. The van der Waals surface area contributed by atoms with Gasteiger partial charge in [0.25, 0.3) is 5.91 Å². The monoisotopic (exact) mass is 404 g/mol. The van der Waals surface area contributed by atoms with E-state index in [1.165, 1.54) is 5.56 Å². The van der Waals surface area contributed by atoms with Crippen LogP contribution in [0.25, 0.3) is 0 Å².